The van der Waals surface area contributed by atoms with Crippen LogP contribution in [0, 0.1) is 28.1 Å². The van der Waals surface area contributed by atoms with Gasteiger partial charge in [-0.25, -0.2) is 0 Å². The van der Waals surface area contributed by atoms with Crippen molar-refractivity contribution in [3.8, 4) is 0 Å². The van der Waals surface area contributed by atoms with E-state index in [1.54, 1.807) is 0 Å². The Balaban J connectivity index is 1.34. The molecule has 4 saturated carbocycles. The molecule has 0 aromatic heterocycles. The summed E-state index contributed by atoms with van der Waals surface area (Å²) in [6.45, 7) is 8.25. The van der Waals surface area contributed by atoms with Gasteiger partial charge in [0.1, 0.15) is 0 Å². The van der Waals surface area contributed by atoms with Crippen LogP contribution in [0.1, 0.15) is 71.6 Å². The zero-order valence-electron chi connectivity index (χ0n) is 16.0. The average molecular weight is 333 g/mol. The largest absolute Gasteiger partial charge is 0.356 e. The molecule has 0 spiro atoms. The predicted molar refractivity (Wildman–Crippen MR) is 97.7 cm³/mol. The molecule has 4 aliphatic carbocycles. The van der Waals surface area contributed by atoms with Crippen LogP contribution < -0.4 is 5.32 Å². The fraction of sp³-hybridized carbons (Fsp3) is 0.952. The van der Waals surface area contributed by atoms with Crippen LogP contribution in [0.3, 0.4) is 0 Å². The van der Waals surface area contributed by atoms with Crippen molar-refractivity contribution < 1.29 is 4.79 Å². The Hall–Kier alpha value is -0.570. The smallest absolute Gasteiger partial charge is 0.226 e. The van der Waals surface area contributed by atoms with Gasteiger partial charge in [-0.1, -0.05) is 13.8 Å². The maximum absolute atomic E-state index is 13.2. The van der Waals surface area contributed by atoms with Crippen molar-refractivity contribution in [2.75, 3.05) is 26.7 Å². The maximum Gasteiger partial charge on any atom is 0.226 e. The number of carbonyl (C=O) groups excluding carboxylic acids is 1. The normalized spacial score (nSPS) is 45.5. The predicted octanol–water partition coefficient (Wildman–Crippen LogP) is 3.83. The van der Waals surface area contributed by atoms with E-state index in [1.165, 1.54) is 51.6 Å². The van der Waals surface area contributed by atoms with Crippen molar-refractivity contribution >= 4 is 5.91 Å². The van der Waals surface area contributed by atoms with Crippen LogP contribution in [0.5, 0.6) is 0 Å². The lowest BCUT2D eigenvalue weighted by molar-refractivity contribution is -0.170. The topological polar surface area (TPSA) is 32.3 Å². The lowest BCUT2D eigenvalue weighted by Gasteiger charge is -2.64. The zero-order chi connectivity index (χ0) is 17.0. The van der Waals surface area contributed by atoms with E-state index in [4.69, 9.17) is 0 Å². The second-order valence-corrected chi connectivity index (χ2v) is 10.7. The molecule has 136 valence electrons. The van der Waals surface area contributed by atoms with Crippen molar-refractivity contribution in [3.63, 3.8) is 0 Å². The molecule has 3 nitrogen and oxygen atoms in total. The standard InChI is InChI=1S/C21H36N2O/c1-19-10-17-11-20(2,13-19)15-21(12-17,14-19)18(24)22-7-4-16-5-8-23(3)9-6-16/h16-17H,4-15H2,1-3H3,(H,22,24)/t17?,19-,20+,21?. The average Bonchev–Trinajstić information content (AvgIpc) is 2.45. The third kappa shape index (κ3) is 3.02. The van der Waals surface area contributed by atoms with Gasteiger partial charge in [-0.3, -0.25) is 4.79 Å². The summed E-state index contributed by atoms with van der Waals surface area (Å²) in [7, 11) is 2.21. The minimum Gasteiger partial charge on any atom is -0.356 e. The number of carbonyl (C=O) groups is 1. The fourth-order valence-corrected chi connectivity index (χ4v) is 7.63. The van der Waals surface area contributed by atoms with E-state index in [9.17, 15) is 4.79 Å². The molecule has 0 aromatic carbocycles. The first-order valence-corrected chi connectivity index (χ1v) is 10.3. The van der Waals surface area contributed by atoms with Crippen molar-refractivity contribution in [1.29, 1.82) is 0 Å². The van der Waals surface area contributed by atoms with E-state index in [0.29, 0.717) is 16.7 Å². The minimum absolute atomic E-state index is 0.0320. The van der Waals surface area contributed by atoms with Crippen LogP contribution in [-0.2, 0) is 4.79 Å². The van der Waals surface area contributed by atoms with E-state index >= 15 is 0 Å². The van der Waals surface area contributed by atoms with E-state index in [1.807, 2.05) is 0 Å². The van der Waals surface area contributed by atoms with Gasteiger partial charge in [0.2, 0.25) is 5.91 Å². The SMILES string of the molecule is CN1CCC(CCNC(=O)C23CC4C[C@@](C)(C2)C[C@](C)(C4)C3)CC1. The number of hydrogen-bond donors (Lipinski definition) is 1. The van der Waals surface area contributed by atoms with Crippen LogP contribution in [0.4, 0.5) is 0 Å². The molecule has 24 heavy (non-hydrogen) atoms. The third-order valence-electron chi connectivity index (χ3n) is 7.78. The molecule has 5 fully saturated rings. The monoisotopic (exact) mass is 332 g/mol. The van der Waals surface area contributed by atoms with Gasteiger partial charge in [0.05, 0.1) is 5.41 Å². The Morgan fingerprint density at radius 1 is 1.04 bits per heavy atom. The second-order valence-electron chi connectivity index (χ2n) is 10.7. The molecule has 1 heterocycles. The number of likely N-dealkylation sites (tertiary alicyclic amines) is 1. The zero-order valence-corrected chi connectivity index (χ0v) is 16.0. The maximum atomic E-state index is 13.2. The molecule has 1 amide bonds. The highest BCUT2D eigenvalue weighted by Gasteiger charge is 2.62. The van der Waals surface area contributed by atoms with Crippen LogP contribution in [0.2, 0.25) is 0 Å². The molecule has 5 aliphatic rings. The number of nitrogens with one attached hydrogen (secondary N) is 1. The summed E-state index contributed by atoms with van der Waals surface area (Å²) < 4.78 is 0. The van der Waals surface area contributed by atoms with Crippen molar-refractivity contribution in [2.24, 2.45) is 28.1 Å². The Morgan fingerprint density at radius 3 is 2.25 bits per heavy atom. The van der Waals surface area contributed by atoms with E-state index < -0.39 is 0 Å². The quantitative estimate of drug-likeness (QED) is 0.848. The van der Waals surface area contributed by atoms with E-state index in [0.717, 1.165) is 37.6 Å². The van der Waals surface area contributed by atoms with E-state index in [-0.39, 0.29) is 5.41 Å². The highest BCUT2D eigenvalue weighted by Crippen LogP contribution is 2.69. The Bertz CT molecular complexity index is 490. The van der Waals surface area contributed by atoms with Crippen LogP contribution in [0.15, 0.2) is 0 Å². The summed E-state index contributed by atoms with van der Waals surface area (Å²) in [4.78, 5) is 15.6. The Labute approximate surface area is 147 Å². The fourth-order valence-electron chi connectivity index (χ4n) is 7.63. The molecule has 4 bridgehead atoms. The summed E-state index contributed by atoms with van der Waals surface area (Å²) in [6, 6.07) is 0. The van der Waals surface area contributed by atoms with Gasteiger partial charge in [-0.2, -0.15) is 0 Å². The molecule has 1 N–H and O–H groups in total. The Morgan fingerprint density at radius 2 is 1.67 bits per heavy atom. The van der Waals surface area contributed by atoms with Gasteiger partial charge >= 0.3 is 0 Å². The van der Waals surface area contributed by atoms with Crippen LogP contribution in [-0.4, -0.2) is 37.5 Å². The summed E-state index contributed by atoms with van der Waals surface area (Å²) in [6.07, 6.45) is 11.3. The lowest BCUT2D eigenvalue weighted by atomic mass is 9.40. The molecular weight excluding hydrogens is 296 g/mol. The number of rotatable bonds is 4. The van der Waals surface area contributed by atoms with E-state index in [2.05, 4.69) is 31.1 Å². The molecule has 4 atom stereocenters. The summed E-state index contributed by atoms with van der Waals surface area (Å²) in [5.74, 6) is 2.01. The van der Waals surface area contributed by atoms with Crippen LogP contribution >= 0.6 is 0 Å². The molecule has 2 unspecified atom stereocenters. The summed E-state index contributed by atoms with van der Waals surface area (Å²) >= 11 is 0. The number of nitrogens with zero attached hydrogens (tertiary/aromatic N) is 1. The van der Waals surface area contributed by atoms with Crippen LogP contribution in [0.25, 0.3) is 0 Å². The minimum atomic E-state index is -0.0320. The molecular formula is C21H36N2O. The molecule has 1 aliphatic heterocycles. The van der Waals surface area contributed by atoms with Gasteiger partial charge in [0.15, 0.2) is 0 Å². The highest BCUT2D eigenvalue weighted by atomic mass is 16.2. The lowest BCUT2D eigenvalue weighted by Crippen LogP contribution is -2.60. The summed E-state index contributed by atoms with van der Waals surface area (Å²) in [5, 5.41) is 3.38. The Kier molecular flexibility index (Phi) is 4.02. The van der Waals surface area contributed by atoms with Crippen molar-refractivity contribution in [3.05, 3.63) is 0 Å². The molecule has 1 saturated heterocycles. The molecule has 3 heteroatoms. The molecule has 0 radical (unpaired) electrons. The first-order chi connectivity index (χ1) is 11.3. The number of amides is 1. The second kappa shape index (κ2) is 5.72. The van der Waals surface area contributed by atoms with Crippen molar-refractivity contribution in [2.45, 2.75) is 71.6 Å². The van der Waals surface area contributed by atoms with Crippen molar-refractivity contribution in [1.82, 2.24) is 10.2 Å². The third-order valence-corrected chi connectivity index (χ3v) is 7.78. The van der Waals surface area contributed by atoms with Gasteiger partial charge < -0.3 is 10.2 Å². The summed E-state index contributed by atoms with van der Waals surface area (Å²) in [5.41, 5.74) is 0.828. The number of piperidine rings is 1. The molecule has 5 rings (SSSR count). The highest BCUT2D eigenvalue weighted by molar-refractivity contribution is 5.83. The first kappa shape index (κ1) is 16.9. The molecule has 0 aromatic rings. The van der Waals surface area contributed by atoms with Gasteiger partial charge in [-0.05, 0) is 101 Å². The first-order valence-electron chi connectivity index (χ1n) is 10.3. The van der Waals surface area contributed by atoms with Gasteiger partial charge in [0, 0.05) is 6.54 Å². The van der Waals surface area contributed by atoms with Gasteiger partial charge in [0.25, 0.3) is 0 Å². The van der Waals surface area contributed by atoms with Gasteiger partial charge in [-0.15, -0.1) is 0 Å². The number of hydrogen-bond acceptors (Lipinski definition) is 2.